The van der Waals surface area contributed by atoms with Crippen LogP contribution in [0, 0.1) is 11.8 Å². The number of carbonyl (C=O) groups excluding carboxylic acids is 4. The van der Waals surface area contributed by atoms with E-state index in [-0.39, 0.29) is 25.7 Å². The van der Waals surface area contributed by atoms with E-state index in [1.165, 1.54) is 257 Å². The first-order valence-corrected chi connectivity index (χ1v) is 46.0. The second kappa shape index (κ2) is 74.5. The Balaban J connectivity index is 5.20. The second-order valence-corrected chi connectivity index (χ2v) is 33.7. The van der Waals surface area contributed by atoms with Crippen molar-refractivity contribution in [2.24, 2.45) is 11.8 Å². The largest absolute Gasteiger partial charge is 0.472 e. The molecule has 0 aliphatic rings. The van der Waals surface area contributed by atoms with Crippen LogP contribution >= 0.6 is 15.6 Å². The molecule has 0 aromatic carbocycles. The molecule has 0 amide bonds. The van der Waals surface area contributed by atoms with Crippen LogP contribution in [0.2, 0.25) is 0 Å². The fraction of sp³-hybridized carbons (Fsp3) is 0.952. The zero-order valence-electron chi connectivity index (χ0n) is 66.9. The number of hydrogen-bond donors (Lipinski definition) is 3. The molecule has 17 nitrogen and oxygen atoms in total. The van der Waals surface area contributed by atoms with Crippen LogP contribution < -0.4 is 0 Å². The number of aliphatic hydroxyl groups is 1. The van der Waals surface area contributed by atoms with Crippen LogP contribution in [0.15, 0.2) is 0 Å². The van der Waals surface area contributed by atoms with Crippen molar-refractivity contribution < 1.29 is 80.2 Å². The lowest BCUT2D eigenvalue weighted by Gasteiger charge is -2.21. The predicted octanol–water partition coefficient (Wildman–Crippen LogP) is 25.1. The van der Waals surface area contributed by atoms with Gasteiger partial charge in [-0.05, 0) is 37.5 Å². The fourth-order valence-electron chi connectivity index (χ4n) is 12.9. The van der Waals surface area contributed by atoms with Crippen molar-refractivity contribution in [1.29, 1.82) is 0 Å². The van der Waals surface area contributed by atoms with Crippen LogP contribution in [-0.2, 0) is 65.4 Å². The lowest BCUT2D eigenvalue weighted by atomic mass is 10.0. The molecule has 3 N–H and O–H groups in total. The molecule has 0 bridgehead atoms. The molecule has 0 heterocycles. The SMILES string of the molecule is CCCCCCCCCCCCCCCC(=O)O[C@H](COC(=O)CCCCCCCCCCC)COP(=O)(O)OC[C@H](O)COP(=O)(O)OC[C@@H](COC(=O)CCCCCCCCCCCCCCCCCCC(C)C)OC(=O)CCCCCCCCCCCCCCCCCCCCC(C)C. The highest BCUT2D eigenvalue weighted by Gasteiger charge is 2.30. The maximum Gasteiger partial charge on any atom is 0.472 e. The van der Waals surface area contributed by atoms with Gasteiger partial charge >= 0.3 is 39.5 Å². The normalized spacial score (nSPS) is 13.9. The number of phosphoric ester groups is 2. The molecule has 606 valence electrons. The summed E-state index contributed by atoms with van der Waals surface area (Å²) >= 11 is 0. The van der Waals surface area contributed by atoms with E-state index >= 15 is 0 Å². The maximum atomic E-state index is 13.1. The van der Waals surface area contributed by atoms with E-state index < -0.39 is 97.5 Å². The zero-order valence-corrected chi connectivity index (χ0v) is 68.7. The highest BCUT2D eigenvalue weighted by molar-refractivity contribution is 7.47. The average molecular weight is 1490 g/mol. The first-order chi connectivity index (χ1) is 49.4. The van der Waals surface area contributed by atoms with E-state index in [1.54, 1.807) is 0 Å². The Kier molecular flexibility index (Phi) is 73.1. The van der Waals surface area contributed by atoms with E-state index in [1.807, 2.05) is 0 Å². The average Bonchev–Trinajstić information content (AvgIpc) is 0.941. The lowest BCUT2D eigenvalue weighted by molar-refractivity contribution is -0.161. The molecule has 0 saturated heterocycles. The predicted molar refractivity (Wildman–Crippen MR) is 418 cm³/mol. The van der Waals surface area contributed by atoms with Crippen LogP contribution in [0.25, 0.3) is 0 Å². The first-order valence-electron chi connectivity index (χ1n) is 43.0. The van der Waals surface area contributed by atoms with E-state index in [0.717, 1.165) is 102 Å². The third-order valence-corrected chi connectivity index (χ3v) is 21.4. The van der Waals surface area contributed by atoms with Crippen molar-refractivity contribution in [3.8, 4) is 0 Å². The van der Waals surface area contributed by atoms with Gasteiger partial charge in [0.05, 0.1) is 26.4 Å². The minimum absolute atomic E-state index is 0.108. The Bertz CT molecular complexity index is 1960. The molecule has 102 heavy (non-hydrogen) atoms. The van der Waals surface area contributed by atoms with Crippen LogP contribution in [0.1, 0.15) is 440 Å². The topological polar surface area (TPSA) is 237 Å². The number of ether oxygens (including phenoxy) is 4. The third-order valence-electron chi connectivity index (χ3n) is 19.5. The Morgan fingerprint density at radius 3 is 0.667 bits per heavy atom. The molecule has 0 aliphatic heterocycles. The summed E-state index contributed by atoms with van der Waals surface area (Å²) in [6.07, 6.45) is 65.3. The number of unbranched alkanes of at least 4 members (excludes halogenated alkanes) is 52. The Hall–Kier alpha value is -1.94. The van der Waals surface area contributed by atoms with Gasteiger partial charge in [-0.1, -0.05) is 388 Å². The molecule has 0 radical (unpaired) electrons. The summed E-state index contributed by atoms with van der Waals surface area (Å²) < 4.78 is 68.7. The molecule has 0 aliphatic carbocycles. The molecule has 0 rings (SSSR count). The number of hydrogen-bond acceptors (Lipinski definition) is 15. The Labute approximate surface area is 626 Å². The van der Waals surface area contributed by atoms with E-state index in [9.17, 15) is 43.2 Å². The molecular formula is C83H162O17P2. The molecule has 0 fully saturated rings. The van der Waals surface area contributed by atoms with Crippen LogP contribution in [-0.4, -0.2) is 96.7 Å². The van der Waals surface area contributed by atoms with Crippen molar-refractivity contribution >= 4 is 39.5 Å². The fourth-order valence-corrected chi connectivity index (χ4v) is 14.5. The van der Waals surface area contributed by atoms with Crippen LogP contribution in [0.3, 0.4) is 0 Å². The van der Waals surface area contributed by atoms with Crippen LogP contribution in [0.5, 0.6) is 0 Å². The number of esters is 4. The summed E-state index contributed by atoms with van der Waals surface area (Å²) in [6.45, 7) is 9.70. The number of carbonyl (C=O) groups is 4. The van der Waals surface area contributed by atoms with Gasteiger partial charge in [0.15, 0.2) is 12.2 Å². The van der Waals surface area contributed by atoms with Gasteiger partial charge in [0, 0.05) is 25.7 Å². The highest BCUT2D eigenvalue weighted by Crippen LogP contribution is 2.45. The molecular weight excluding hydrogens is 1330 g/mol. The third kappa shape index (κ3) is 76.3. The van der Waals surface area contributed by atoms with Gasteiger partial charge in [-0.2, -0.15) is 0 Å². The molecule has 19 heteroatoms. The lowest BCUT2D eigenvalue weighted by Crippen LogP contribution is -2.30. The van der Waals surface area contributed by atoms with Crippen molar-refractivity contribution in [3.05, 3.63) is 0 Å². The summed E-state index contributed by atoms with van der Waals surface area (Å²) in [5.41, 5.74) is 0. The Morgan fingerprint density at radius 1 is 0.265 bits per heavy atom. The van der Waals surface area contributed by atoms with Gasteiger partial charge in [-0.15, -0.1) is 0 Å². The molecule has 5 atom stereocenters. The molecule has 0 aromatic heterocycles. The van der Waals surface area contributed by atoms with Crippen LogP contribution in [0.4, 0.5) is 0 Å². The zero-order chi connectivity index (χ0) is 74.9. The van der Waals surface area contributed by atoms with E-state index in [4.69, 9.17) is 37.0 Å². The summed E-state index contributed by atoms with van der Waals surface area (Å²) in [5, 5.41) is 10.6. The van der Waals surface area contributed by atoms with Gasteiger partial charge in [0.2, 0.25) is 0 Å². The molecule has 0 saturated carbocycles. The van der Waals surface area contributed by atoms with E-state index in [2.05, 4.69) is 41.5 Å². The number of aliphatic hydroxyl groups excluding tert-OH is 1. The van der Waals surface area contributed by atoms with Gasteiger partial charge in [-0.3, -0.25) is 37.3 Å². The standard InChI is InChI=1S/C83H162O17P2/c1-7-9-11-13-15-17-18-29-37-43-49-55-61-67-82(87)99-78(71-93-80(85)65-59-53-47-39-16-14-12-10-8-2)73-97-101(89,90)95-69-77(84)70-96-102(91,92)98-74-79(72-94-81(86)66-60-54-48-42-36-32-27-24-23-26-31-35-41-46-52-58-64-76(5)6)100-83(88)68-62-56-50-44-38-33-28-22-20-19-21-25-30-34-40-45-51-57-63-75(3)4/h75-79,84H,7-74H2,1-6H3,(H,89,90)(H,91,92)/t77-,78+,79+/m0/s1. The summed E-state index contributed by atoms with van der Waals surface area (Å²) in [6, 6.07) is 0. The minimum Gasteiger partial charge on any atom is -0.462 e. The molecule has 0 aromatic rings. The maximum absolute atomic E-state index is 13.1. The quantitative estimate of drug-likeness (QED) is 0.0222. The monoisotopic (exact) mass is 1490 g/mol. The van der Waals surface area contributed by atoms with Crippen molar-refractivity contribution in [1.82, 2.24) is 0 Å². The summed E-state index contributed by atoms with van der Waals surface area (Å²) in [5.74, 6) is -0.473. The van der Waals surface area contributed by atoms with Crippen molar-refractivity contribution in [2.75, 3.05) is 39.6 Å². The van der Waals surface area contributed by atoms with Crippen molar-refractivity contribution in [3.63, 3.8) is 0 Å². The molecule has 0 spiro atoms. The van der Waals surface area contributed by atoms with E-state index in [0.29, 0.717) is 25.7 Å². The number of rotatable bonds is 82. The van der Waals surface area contributed by atoms with Gasteiger partial charge in [0.1, 0.15) is 19.3 Å². The molecule has 2 unspecified atom stereocenters. The Morgan fingerprint density at radius 2 is 0.451 bits per heavy atom. The van der Waals surface area contributed by atoms with Gasteiger partial charge in [0.25, 0.3) is 0 Å². The van der Waals surface area contributed by atoms with Crippen molar-refractivity contribution in [2.45, 2.75) is 458 Å². The smallest absolute Gasteiger partial charge is 0.462 e. The second-order valence-electron chi connectivity index (χ2n) is 30.8. The summed E-state index contributed by atoms with van der Waals surface area (Å²) in [7, 11) is -9.92. The number of phosphoric acid groups is 2. The van der Waals surface area contributed by atoms with Gasteiger partial charge < -0.3 is 33.8 Å². The highest BCUT2D eigenvalue weighted by atomic mass is 31.2. The van der Waals surface area contributed by atoms with Gasteiger partial charge in [-0.25, -0.2) is 9.13 Å². The summed E-state index contributed by atoms with van der Waals surface area (Å²) in [4.78, 5) is 73.0. The minimum atomic E-state index is -4.96. The first kappa shape index (κ1) is 100.